The average molecular weight is 280 g/mol. The van der Waals surface area contributed by atoms with Crippen molar-refractivity contribution in [1.29, 1.82) is 0 Å². The maximum absolute atomic E-state index is 13.0. The van der Waals surface area contributed by atoms with Gasteiger partial charge in [0.2, 0.25) is 0 Å². The van der Waals surface area contributed by atoms with E-state index in [4.69, 9.17) is 0 Å². The fraction of sp³-hybridized carbons (Fsp3) is 0.200. The molecule has 100 valence electrons. The predicted octanol–water partition coefficient (Wildman–Crippen LogP) is 3.97. The van der Waals surface area contributed by atoms with Crippen LogP contribution in [-0.2, 0) is 16.6 Å². The van der Waals surface area contributed by atoms with E-state index in [1.54, 1.807) is 24.3 Å². The second-order valence-electron chi connectivity index (χ2n) is 4.35. The topological polar surface area (TPSA) is 17.1 Å². The highest BCUT2D eigenvalue weighted by Gasteiger charge is 2.14. The Hall–Kier alpha value is -1.55. The molecule has 0 saturated heterocycles. The molecular formula is C15H14F2OS. The van der Waals surface area contributed by atoms with Crippen molar-refractivity contribution in [2.45, 2.75) is 17.9 Å². The fourth-order valence-corrected chi connectivity index (χ4v) is 3.02. The van der Waals surface area contributed by atoms with Crippen molar-refractivity contribution in [3.63, 3.8) is 0 Å². The summed E-state index contributed by atoms with van der Waals surface area (Å²) >= 11 is 0. The third-order valence-electron chi connectivity index (χ3n) is 2.93. The second-order valence-corrected chi connectivity index (χ2v) is 6.11. The lowest BCUT2D eigenvalue weighted by Gasteiger charge is -2.12. The van der Waals surface area contributed by atoms with Gasteiger partial charge in [-0.05, 0) is 42.3 Å². The van der Waals surface area contributed by atoms with Crippen LogP contribution in [-0.4, -0.2) is 4.21 Å². The zero-order valence-corrected chi connectivity index (χ0v) is 11.3. The van der Waals surface area contributed by atoms with Crippen LogP contribution in [0.3, 0.4) is 0 Å². The molecule has 0 saturated carbocycles. The normalized spacial score (nSPS) is 14.1. The summed E-state index contributed by atoms with van der Waals surface area (Å²) in [6.07, 6.45) is 0. The molecule has 0 bridgehead atoms. The number of benzene rings is 2. The summed E-state index contributed by atoms with van der Waals surface area (Å²) < 4.78 is 38.1. The lowest BCUT2D eigenvalue weighted by molar-refractivity contribution is 0.625. The van der Waals surface area contributed by atoms with Crippen molar-refractivity contribution in [2.75, 3.05) is 0 Å². The van der Waals surface area contributed by atoms with Gasteiger partial charge in [0.1, 0.15) is 11.6 Å². The van der Waals surface area contributed by atoms with Gasteiger partial charge in [-0.15, -0.1) is 0 Å². The lowest BCUT2D eigenvalue weighted by atomic mass is 10.2. The molecule has 0 aromatic heterocycles. The number of hydrogen-bond acceptors (Lipinski definition) is 1. The summed E-state index contributed by atoms with van der Waals surface area (Å²) in [7, 11) is -1.17. The first-order valence-electron chi connectivity index (χ1n) is 5.93. The molecule has 19 heavy (non-hydrogen) atoms. The Labute approximate surface area is 113 Å². The fourth-order valence-electron chi connectivity index (χ4n) is 1.80. The maximum atomic E-state index is 13.0. The van der Waals surface area contributed by atoms with Crippen molar-refractivity contribution in [3.05, 3.63) is 71.3 Å². The van der Waals surface area contributed by atoms with Gasteiger partial charge in [0.25, 0.3) is 0 Å². The molecular weight excluding hydrogens is 266 g/mol. The standard InChI is InChI=1S/C15H14F2OS/c1-11(13-5-7-14(16)8-6-13)19(18)10-12-3-2-4-15(17)9-12/h2-9,11H,10H2,1H3/t11-,19-/m0/s1. The molecule has 0 N–H and O–H groups in total. The van der Waals surface area contributed by atoms with E-state index in [-0.39, 0.29) is 22.6 Å². The second kappa shape index (κ2) is 6.06. The van der Waals surface area contributed by atoms with Gasteiger partial charge in [-0.2, -0.15) is 0 Å². The van der Waals surface area contributed by atoms with Gasteiger partial charge < -0.3 is 0 Å². The van der Waals surface area contributed by atoms with Crippen LogP contribution in [0.1, 0.15) is 23.3 Å². The smallest absolute Gasteiger partial charge is 0.123 e. The molecule has 0 aliphatic rings. The van der Waals surface area contributed by atoms with E-state index in [9.17, 15) is 13.0 Å². The Kier molecular flexibility index (Phi) is 4.43. The van der Waals surface area contributed by atoms with Crippen LogP contribution in [0.25, 0.3) is 0 Å². The molecule has 2 rings (SSSR count). The Morgan fingerprint density at radius 3 is 2.37 bits per heavy atom. The van der Waals surface area contributed by atoms with Crippen LogP contribution < -0.4 is 0 Å². The van der Waals surface area contributed by atoms with Crippen LogP contribution in [0.15, 0.2) is 48.5 Å². The van der Waals surface area contributed by atoms with Gasteiger partial charge in [-0.1, -0.05) is 24.3 Å². The minimum Gasteiger partial charge on any atom is -0.259 e. The zero-order valence-electron chi connectivity index (χ0n) is 10.5. The molecule has 2 aromatic rings. The Morgan fingerprint density at radius 1 is 1.05 bits per heavy atom. The maximum Gasteiger partial charge on any atom is 0.123 e. The van der Waals surface area contributed by atoms with Crippen LogP contribution in [0.5, 0.6) is 0 Å². The van der Waals surface area contributed by atoms with Gasteiger partial charge >= 0.3 is 0 Å². The summed E-state index contributed by atoms with van der Waals surface area (Å²) in [6, 6.07) is 12.1. The molecule has 0 amide bonds. The van der Waals surface area contributed by atoms with Crippen LogP contribution in [0.2, 0.25) is 0 Å². The Balaban J connectivity index is 2.09. The summed E-state index contributed by atoms with van der Waals surface area (Å²) in [5, 5.41) is -0.219. The number of rotatable bonds is 4. The lowest BCUT2D eigenvalue weighted by Crippen LogP contribution is -2.05. The first-order chi connectivity index (χ1) is 9.06. The third-order valence-corrected chi connectivity index (χ3v) is 4.61. The van der Waals surface area contributed by atoms with Gasteiger partial charge in [0.15, 0.2) is 0 Å². The monoisotopic (exact) mass is 280 g/mol. The van der Waals surface area contributed by atoms with E-state index in [2.05, 4.69) is 0 Å². The van der Waals surface area contributed by atoms with E-state index in [0.717, 1.165) is 5.56 Å². The molecule has 2 atom stereocenters. The van der Waals surface area contributed by atoms with Crippen molar-refractivity contribution in [1.82, 2.24) is 0 Å². The van der Waals surface area contributed by atoms with E-state index >= 15 is 0 Å². The molecule has 0 fully saturated rings. The highest BCUT2D eigenvalue weighted by molar-refractivity contribution is 7.84. The molecule has 0 radical (unpaired) electrons. The summed E-state index contributed by atoms with van der Waals surface area (Å²) in [4.78, 5) is 0. The molecule has 1 nitrogen and oxygen atoms in total. The molecule has 0 aliphatic heterocycles. The highest BCUT2D eigenvalue weighted by atomic mass is 32.2. The van der Waals surface area contributed by atoms with E-state index < -0.39 is 10.8 Å². The van der Waals surface area contributed by atoms with Crippen molar-refractivity contribution < 1.29 is 13.0 Å². The number of hydrogen-bond donors (Lipinski definition) is 0. The predicted molar refractivity (Wildman–Crippen MR) is 73.1 cm³/mol. The van der Waals surface area contributed by atoms with Crippen LogP contribution >= 0.6 is 0 Å². The Morgan fingerprint density at radius 2 is 1.74 bits per heavy atom. The first-order valence-corrected chi connectivity index (χ1v) is 7.31. The largest absolute Gasteiger partial charge is 0.259 e. The van der Waals surface area contributed by atoms with E-state index in [1.165, 1.54) is 24.3 Å². The molecule has 0 heterocycles. The van der Waals surface area contributed by atoms with Gasteiger partial charge in [0, 0.05) is 16.6 Å². The highest BCUT2D eigenvalue weighted by Crippen LogP contribution is 2.22. The zero-order chi connectivity index (χ0) is 13.8. The Bertz CT molecular complexity index is 581. The van der Waals surface area contributed by atoms with Crippen LogP contribution in [0.4, 0.5) is 8.78 Å². The number of halogens is 2. The average Bonchev–Trinajstić information content (AvgIpc) is 2.39. The van der Waals surface area contributed by atoms with Gasteiger partial charge in [0.05, 0.1) is 5.25 Å². The van der Waals surface area contributed by atoms with E-state index in [0.29, 0.717) is 5.56 Å². The molecule has 2 aromatic carbocycles. The molecule has 0 spiro atoms. The summed E-state index contributed by atoms with van der Waals surface area (Å²) in [5.41, 5.74) is 1.52. The minimum atomic E-state index is -1.17. The SMILES string of the molecule is C[C@@H](c1ccc(F)cc1)[S@@](=O)Cc1cccc(F)c1. The van der Waals surface area contributed by atoms with E-state index in [1.807, 2.05) is 6.92 Å². The first kappa shape index (κ1) is 13.9. The quantitative estimate of drug-likeness (QED) is 0.828. The molecule has 0 aliphatic carbocycles. The van der Waals surface area contributed by atoms with Crippen molar-refractivity contribution >= 4 is 10.8 Å². The minimum absolute atomic E-state index is 0.219. The van der Waals surface area contributed by atoms with Crippen molar-refractivity contribution in [3.8, 4) is 0 Å². The van der Waals surface area contributed by atoms with Gasteiger partial charge in [-0.25, -0.2) is 8.78 Å². The summed E-state index contributed by atoms with van der Waals surface area (Å²) in [5.74, 6) is -0.355. The van der Waals surface area contributed by atoms with Crippen LogP contribution in [0, 0.1) is 11.6 Å². The summed E-state index contributed by atoms with van der Waals surface area (Å²) in [6.45, 7) is 1.82. The third kappa shape index (κ3) is 3.70. The molecule has 4 heteroatoms. The van der Waals surface area contributed by atoms with Gasteiger partial charge in [-0.3, -0.25) is 4.21 Å². The molecule has 0 unspecified atom stereocenters. The van der Waals surface area contributed by atoms with Crippen molar-refractivity contribution in [2.24, 2.45) is 0 Å².